The van der Waals surface area contributed by atoms with Crippen molar-refractivity contribution in [2.24, 2.45) is 0 Å². The second-order valence-corrected chi connectivity index (χ2v) is 9.28. The van der Waals surface area contributed by atoms with Crippen LogP contribution in [0.3, 0.4) is 0 Å². The number of aromatic hydroxyl groups is 2. The van der Waals surface area contributed by atoms with Gasteiger partial charge in [0.05, 0.1) is 14.2 Å². The molecule has 0 aromatic heterocycles. The second kappa shape index (κ2) is 5.34. The highest BCUT2D eigenvalue weighted by Gasteiger charge is 2.59. The number of benzene rings is 2. The molecular formula is C23H28O4. The molecule has 0 amide bonds. The Morgan fingerprint density at radius 3 is 1.41 bits per heavy atom. The van der Waals surface area contributed by atoms with E-state index < -0.39 is 0 Å². The lowest BCUT2D eigenvalue weighted by Crippen LogP contribution is -2.27. The molecule has 2 aromatic rings. The number of ether oxygens (including phenoxy) is 2. The first-order valence-electron chi connectivity index (χ1n) is 9.41. The molecule has 1 spiro atoms. The average Bonchev–Trinajstić information content (AvgIpc) is 2.94. The van der Waals surface area contributed by atoms with Crippen molar-refractivity contribution in [1.82, 2.24) is 0 Å². The number of hydrogen-bond donors (Lipinski definition) is 2. The van der Waals surface area contributed by atoms with Gasteiger partial charge in [0, 0.05) is 16.5 Å². The van der Waals surface area contributed by atoms with Crippen LogP contribution in [0.2, 0.25) is 0 Å². The quantitative estimate of drug-likeness (QED) is 0.802. The lowest BCUT2D eigenvalue weighted by atomic mass is 9.72. The molecule has 0 unspecified atom stereocenters. The zero-order chi connectivity index (χ0) is 19.8. The van der Waals surface area contributed by atoms with E-state index in [1.165, 1.54) is 11.1 Å². The van der Waals surface area contributed by atoms with Gasteiger partial charge in [0.2, 0.25) is 0 Å². The Balaban J connectivity index is 2.16. The Kier molecular flexibility index (Phi) is 3.56. The maximum absolute atomic E-state index is 10.5. The molecular weight excluding hydrogens is 340 g/mol. The van der Waals surface area contributed by atoms with Crippen molar-refractivity contribution in [1.29, 1.82) is 0 Å². The van der Waals surface area contributed by atoms with Crippen LogP contribution in [-0.4, -0.2) is 24.4 Å². The van der Waals surface area contributed by atoms with Gasteiger partial charge in [0.25, 0.3) is 0 Å². The molecule has 0 radical (unpaired) electrons. The lowest BCUT2D eigenvalue weighted by Gasteiger charge is -2.32. The van der Waals surface area contributed by atoms with E-state index in [9.17, 15) is 10.2 Å². The maximum atomic E-state index is 10.5. The number of rotatable bonds is 2. The SMILES string of the molecule is COc1c(O)ccc2c1C1(CC2(C)C)CC(C)(C)c2ccc(O)c(OC)c21. The van der Waals surface area contributed by atoms with Gasteiger partial charge in [0.15, 0.2) is 23.0 Å². The summed E-state index contributed by atoms with van der Waals surface area (Å²) in [6.07, 6.45) is 1.73. The number of phenols is 2. The smallest absolute Gasteiger partial charge is 0.164 e. The minimum Gasteiger partial charge on any atom is -0.504 e. The molecule has 4 rings (SSSR count). The third kappa shape index (κ3) is 2.16. The van der Waals surface area contributed by atoms with E-state index in [0.29, 0.717) is 11.5 Å². The second-order valence-electron chi connectivity index (χ2n) is 9.28. The fourth-order valence-corrected chi connectivity index (χ4v) is 5.88. The molecule has 0 bridgehead atoms. The van der Waals surface area contributed by atoms with Gasteiger partial charge in [-0.1, -0.05) is 39.8 Å². The predicted octanol–water partition coefficient (Wildman–Crippen LogP) is 4.76. The third-order valence-electron chi connectivity index (χ3n) is 6.58. The zero-order valence-corrected chi connectivity index (χ0v) is 16.9. The van der Waals surface area contributed by atoms with E-state index in [-0.39, 0.29) is 27.7 Å². The average molecular weight is 368 g/mol. The highest BCUT2D eigenvalue weighted by atomic mass is 16.5. The topological polar surface area (TPSA) is 58.9 Å². The summed E-state index contributed by atoms with van der Waals surface area (Å²) in [5, 5.41) is 21.1. The van der Waals surface area contributed by atoms with Crippen LogP contribution in [0.25, 0.3) is 0 Å². The molecule has 0 saturated carbocycles. The summed E-state index contributed by atoms with van der Waals surface area (Å²) in [4.78, 5) is 0. The van der Waals surface area contributed by atoms with Gasteiger partial charge in [-0.25, -0.2) is 0 Å². The number of phenolic OH excluding ortho intramolecular Hbond substituents is 2. The van der Waals surface area contributed by atoms with E-state index in [4.69, 9.17) is 9.47 Å². The Hall–Kier alpha value is -2.36. The van der Waals surface area contributed by atoms with E-state index in [2.05, 4.69) is 27.7 Å². The van der Waals surface area contributed by atoms with Gasteiger partial charge in [-0.05, 0) is 46.9 Å². The molecule has 2 N–H and O–H groups in total. The molecule has 2 aliphatic rings. The standard InChI is InChI=1S/C23H28O4/c1-21(2)11-23(17-13(21)7-9-15(24)19(17)26-5)12-22(3,4)14-8-10-16(25)20(27-6)18(14)23/h7-10,24-25H,11-12H2,1-6H3. The van der Waals surface area contributed by atoms with Gasteiger partial charge < -0.3 is 19.7 Å². The zero-order valence-electron chi connectivity index (χ0n) is 16.9. The molecule has 4 nitrogen and oxygen atoms in total. The normalized spacial score (nSPS) is 20.4. The first-order valence-corrected chi connectivity index (χ1v) is 9.41. The van der Waals surface area contributed by atoms with Crippen molar-refractivity contribution >= 4 is 0 Å². The summed E-state index contributed by atoms with van der Waals surface area (Å²) < 4.78 is 11.4. The van der Waals surface area contributed by atoms with Gasteiger partial charge in [-0.2, -0.15) is 0 Å². The number of hydrogen-bond acceptors (Lipinski definition) is 4. The molecule has 0 saturated heterocycles. The van der Waals surface area contributed by atoms with Gasteiger partial charge >= 0.3 is 0 Å². The van der Waals surface area contributed by atoms with Gasteiger partial charge in [-0.15, -0.1) is 0 Å². The van der Waals surface area contributed by atoms with E-state index in [1.807, 2.05) is 12.1 Å². The van der Waals surface area contributed by atoms with Crippen molar-refractivity contribution in [3.8, 4) is 23.0 Å². The Bertz CT molecular complexity index is 862. The summed E-state index contributed by atoms with van der Waals surface area (Å²) in [7, 11) is 3.21. The Morgan fingerprint density at radius 2 is 1.07 bits per heavy atom. The molecule has 144 valence electrons. The summed E-state index contributed by atoms with van der Waals surface area (Å²) in [5.41, 5.74) is 3.87. The summed E-state index contributed by atoms with van der Waals surface area (Å²) in [6, 6.07) is 7.47. The fraction of sp³-hybridized carbons (Fsp3) is 0.478. The highest BCUT2D eigenvalue weighted by Crippen LogP contribution is 2.67. The Morgan fingerprint density at radius 1 is 0.704 bits per heavy atom. The van der Waals surface area contributed by atoms with Crippen molar-refractivity contribution in [2.75, 3.05) is 14.2 Å². The van der Waals surface area contributed by atoms with Crippen LogP contribution < -0.4 is 9.47 Å². The first kappa shape index (κ1) is 18.0. The van der Waals surface area contributed by atoms with Gasteiger partial charge in [-0.3, -0.25) is 0 Å². The molecule has 0 heterocycles. The van der Waals surface area contributed by atoms with Crippen LogP contribution in [0.4, 0.5) is 0 Å². The highest BCUT2D eigenvalue weighted by molar-refractivity contribution is 5.70. The minimum absolute atomic E-state index is 0.0928. The molecule has 0 atom stereocenters. The molecule has 0 fully saturated rings. The molecule has 2 aromatic carbocycles. The van der Waals surface area contributed by atoms with E-state index >= 15 is 0 Å². The van der Waals surface area contributed by atoms with Crippen LogP contribution in [0.5, 0.6) is 23.0 Å². The fourth-order valence-electron chi connectivity index (χ4n) is 5.88. The maximum Gasteiger partial charge on any atom is 0.164 e. The summed E-state index contributed by atoms with van der Waals surface area (Å²) in [5.74, 6) is 1.37. The van der Waals surface area contributed by atoms with Crippen molar-refractivity contribution in [2.45, 2.75) is 56.8 Å². The first-order chi connectivity index (χ1) is 12.6. The van der Waals surface area contributed by atoms with Crippen molar-refractivity contribution in [3.63, 3.8) is 0 Å². The number of methoxy groups -OCH3 is 2. The van der Waals surface area contributed by atoms with Crippen LogP contribution in [0.15, 0.2) is 24.3 Å². The minimum atomic E-state index is -0.383. The van der Waals surface area contributed by atoms with Crippen molar-refractivity contribution < 1.29 is 19.7 Å². The molecule has 4 heteroatoms. The van der Waals surface area contributed by atoms with Gasteiger partial charge in [0.1, 0.15) is 0 Å². The van der Waals surface area contributed by atoms with Crippen LogP contribution in [-0.2, 0) is 16.2 Å². The lowest BCUT2D eigenvalue weighted by molar-refractivity contribution is 0.319. The van der Waals surface area contributed by atoms with Crippen LogP contribution in [0, 0.1) is 0 Å². The monoisotopic (exact) mass is 368 g/mol. The number of fused-ring (bicyclic) bond motifs is 4. The van der Waals surface area contributed by atoms with E-state index in [1.54, 1.807) is 26.4 Å². The third-order valence-corrected chi connectivity index (χ3v) is 6.58. The molecule has 27 heavy (non-hydrogen) atoms. The molecule has 0 aliphatic heterocycles. The van der Waals surface area contributed by atoms with Crippen molar-refractivity contribution in [3.05, 3.63) is 46.5 Å². The predicted molar refractivity (Wildman–Crippen MR) is 105 cm³/mol. The summed E-state index contributed by atoms with van der Waals surface area (Å²) >= 11 is 0. The summed E-state index contributed by atoms with van der Waals surface area (Å²) in [6.45, 7) is 8.93. The van der Waals surface area contributed by atoms with Crippen LogP contribution >= 0.6 is 0 Å². The Labute approximate surface area is 160 Å². The molecule has 2 aliphatic carbocycles. The van der Waals surface area contributed by atoms with Crippen LogP contribution in [0.1, 0.15) is 62.8 Å². The largest absolute Gasteiger partial charge is 0.504 e. The van der Waals surface area contributed by atoms with E-state index in [0.717, 1.165) is 24.0 Å².